The van der Waals surface area contributed by atoms with Gasteiger partial charge < -0.3 is 9.64 Å². The topological polar surface area (TPSA) is 75.7 Å². The van der Waals surface area contributed by atoms with Crippen LogP contribution >= 0.6 is 0 Å². The molecule has 166 valence electrons. The zero-order valence-electron chi connectivity index (χ0n) is 16.1. The Morgan fingerprint density at radius 3 is 2.65 bits per heavy atom. The number of ether oxygens (including phenoxy) is 1. The van der Waals surface area contributed by atoms with Gasteiger partial charge in [0.05, 0.1) is 0 Å². The standard InChI is InChI=1S/C20H18F4N2O4S/c1-2-9-25-31(28,29)18-12-14(5-7-16(18)21)19(27)26-10-3-4-13-11-15(6-8-17(13)26)30-20(22,23)24/h2,5-8,11-12,25H,1,3-4,9-10H2. The number of fused-ring (bicyclic) bond motifs is 1. The van der Waals surface area contributed by atoms with E-state index in [0.29, 0.717) is 24.1 Å². The Labute approximate surface area is 176 Å². The predicted molar refractivity (Wildman–Crippen MR) is 105 cm³/mol. The molecule has 2 aromatic rings. The molecule has 1 aliphatic heterocycles. The highest BCUT2D eigenvalue weighted by molar-refractivity contribution is 7.89. The first kappa shape index (κ1) is 22.8. The van der Waals surface area contributed by atoms with E-state index in [0.717, 1.165) is 24.3 Å². The Bertz CT molecular complexity index is 1120. The Balaban J connectivity index is 1.93. The van der Waals surface area contributed by atoms with Crippen LogP contribution in [0.5, 0.6) is 5.75 Å². The highest BCUT2D eigenvalue weighted by Gasteiger charge is 2.32. The number of benzene rings is 2. The van der Waals surface area contributed by atoms with Gasteiger partial charge in [0.1, 0.15) is 16.5 Å². The number of alkyl halides is 3. The molecule has 0 atom stereocenters. The maximum absolute atomic E-state index is 14.1. The van der Waals surface area contributed by atoms with Crippen LogP contribution in [0.15, 0.2) is 53.9 Å². The molecule has 0 saturated carbocycles. The van der Waals surface area contributed by atoms with E-state index in [9.17, 15) is 30.8 Å². The molecule has 0 saturated heterocycles. The van der Waals surface area contributed by atoms with Gasteiger partial charge in [0, 0.05) is 24.3 Å². The van der Waals surface area contributed by atoms with Crippen LogP contribution in [0.1, 0.15) is 22.3 Å². The first-order valence-electron chi connectivity index (χ1n) is 9.12. The average Bonchev–Trinajstić information content (AvgIpc) is 2.70. The first-order chi connectivity index (χ1) is 14.5. The van der Waals surface area contributed by atoms with Crippen LogP contribution in [0, 0.1) is 5.82 Å². The molecular weight excluding hydrogens is 440 g/mol. The average molecular weight is 458 g/mol. The monoisotopic (exact) mass is 458 g/mol. The fourth-order valence-electron chi connectivity index (χ4n) is 3.23. The summed E-state index contributed by atoms with van der Waals surface area (Å²) in [7, 11) is -4.21. The normalized spacial score (nSPS) is 14.1. The zero-order chi connectivity index (χ0) is 22.8. The number of nitrogens with zero attached hydrogens (tertiary/aromatic N) is 1. The Hall–Kier alpha value is -2.92. The van der Waals surface area contributed by atoms with Crippen LogP contribution in [0.4, 0.5) is 23.2 Å². The summed E-state index contributed by atoms with van der Waals surface area (Å²) in [5.74, 6) is -2.03. The SMILES string of the molecule is C=CCNS(=O)(=O)c1cc(C(=O)N2CCCc3cc(OC(F)(F)F)ccc32)ccc1F. The summed E-state index contributed by atoms with van der Waals surface area (Å²) in [6, 6.07) is 6.60. The molecule has 0 aromatic heterocycles. The molecule has 11 heteroatoms. The van der Waals surface area contributed by atoms with Crippen molar-refractivity contribution >= 4 is 21.6 Å². The molecule has 31 heavy (non-hydrogen) atoms. The minimum absolute atomic E-state index is 0.0798. The van der Waals surface area contributed by atoms with Crippen molar-refractivity contribution in [2.45, 2.75) is 24.1 Å². The molecule has 1 N–H and O–H groups in total. The van der Waals surface area contributed by atoms with Gasteiger partial charge in [0.2, 0.25) is 10.0 Å². The second-order valence-corrected chi connectivity index (χ2v) is 8.42. The molecule has 1 heterocycles. The highest BCUT2D eigenvalue weighted by Crippen LogP contribution is 2.33. The van der Waals surface area contributed by atoms with E-state index < -0.39 is 38.8 Å². The van der Waals surface area contributed by atoms with Gasteiger partial charge in [0.25, 0.3) is 5.91 Å². The van der Waals surface area contributed by atoms with Crippen molar-refractivity contribution in [3.63, 3.8) is 0 Å². The van der Waals surface area contributed by atoms with Crippen LogP contribution < -0.4 is 14.4 Å². The van der Waals surface area contributed by atoms with Gasteiger partial charge in [-0.05, 0) is 54.8 Å². The highest BCUT2D eigenvalue weighted by atomic mass is 32.2. The molecule has 0 aliphatic carbocycles. The molecule has 2 aromatic carbocycles. The van der Waals surface area contributed by atoms with E-state index in [-0.39, 0.29) is 18.7 Å². The summed E-state index contributed by atoms with van der Waals surface area (Å²) in [6.45, 7) is 3.52. The summed E-state index contributed by atoms with van der Waals surface area (Å²) in [4.78, 5) is 13.7. The van der Waals surface area contributed by atoms with E-state index >= 15 is 0 Å². The lowest BCUT2D eigenvalue weighted by Crippen LogP contribution is -2.35. The summed E-state index contributed by atoms with van der Waals surface area (Å²) >= 11 is 0. The van der Waals surface area contributed by atoms with Gasteiger partial charge in [0.15, 0.2) is 0 Å². The molecule has 0 spiro atoms. The molecule has 1 amide bonds. The van der Waals surface area contributed by atoms with E-state index in [4.69, 9.17) is 0 Å². The number of hydrogen-bond donors (Lipinski definition) is 1. The Morgan fingerprint density at radius 1 is 1.23 bits per heavy atom. The number of hydrogen-bond acceptors (Lipinski definition) is 4. The number of rotatable bonds is 6. The molecule has 0 bridgehead atoms. The van der Waals surface area contributed by atoms with Gasteiger partial charge in [-0.15, -0.1) is 19.8 Å². The lowest BCUT2D eigenvalue weighted by atomic mass is 10.0. The fourth-order valence-corrected chi connectivity index (χ4v) is 4.33. The van der Waals surface area contributed by atoms with Crippen LogP contribution in [0.25, 0.3) is 0 Å². The zero-order valence-corrected chi connectivity index (χ0v) is 16.9. The van der Waals surface area contributed by atoms with Gasteiger partial charge >= 0.3 is 6.36 Å². The van der Waals surface area contributed by atoms with Crippen molar-refractivity contribution in [3.8, 4) is 5.75 Å². The van der Waals surface area contributed by atoms with Gasteiger partial charge in [-0.25, -0.2) is 17.5 Å². The first-order valence-corrected chi connectivity index (χ1v) is 10.6. The number of carbonyl (C=O) groups excluding carboxylic acids is 1. The van der Waals surface area contributed by atoms with E-state index in [2.05, 4.69) is 16.0 Å². The van der Waals surface area contributed by atoms with Crippen LogP contribution in [0.2, 0.25) is 0 Å². The van der Waals surface area contributed by atoms with Crippen molar-refractivity contribution in [1.82, 2.24) is 4.72 Å². The van der Waals surface area contributed by atoms with Crippen LogP contribution in [0.3, 0.4) is 0 Å². The smallest absolute Gasteiger partial charge is 0.406 e. The number of aryl methyl sites for hydroxylation is 1. The number of anilines is 1. The summed E-state index contributed by atoms with van der Waals surface area (Å²) < 4.78 is 82.2. The maximum Gasteiger partial charge on any atom is 0.573 e. The minimum Gasteiger partial charge on any atom is -0.406 e. The molecule has 0 unspecified atom stereocenters. The third kappa shape index (κ3) is 5.23. The van der Waals surface area contributed by atoms with E-state index in [1.54, 1.807) is 0 Å². The third-order valence-electron chi connectivity index (χ3n) is 4.53. The summed E-state index contributed by atoms with van der Waals surface area (Å²) in [6.07, 6.45) is -2.65. The number of sulfonamides is 1. The Kier molecular flexibility index (Phi) is 6.37. The fraction of sp³-hybridized carbons (Fsp3) is 0.250. The molecule has 3 rings (SSSR count). The Morgan fingerprint density at radius 2 is 1.97 bits per heavy atom. The molecule has 0 radical (unpaired) electrons. The maximum atomic E-state index is 14.1. The van der Waals surface area contributed by atoms with Crippen LogP contribution in [-0.4, -0.2) is 33.8 Å². The second-order valence-electron chi connectivity index (χ2n) is 6.68. The number of nitrogens with one attached hydrogen (secondary N) is 1. The van der Waals surface area contributed by atoms with Crippen molar-refractivity contribution in [3.05, 3.63) is 66.0 Å². The van der Waals surface area contributed by atoms with Gasteiger partial charge in [-0.3, -0.25) is 4.79 Å². The van der Waals surface area contributed by atoms with Gasteiger partial charge in [-0.1, -0.05) is 6.08 Å². The third-order valence-corrected chi connectivity index (χ3v) is 5.97. The van der Waals surface area contributed by atoms with E-state index in [1.165, 1.54) is 23.1 Å². The molecule has 6 nitrogen and oxygen atoms in total. The van der Waals surface area contributed by atoms with Crippen molar-refractivity contribution in [1.29, 1.82) is 0 Å². The largest absolute Gasteiger partial charge is 0.573 e. The number of carbonyl (C=O) groups is 1. The number of halogens is 4. The lowest BCUT2D eigenvalue weighted by molar-refractivity contribution is -0.274. The summed E-state index contributed by atoms with van der Waals surface area (Å²) in [5, 5.41) is 0. The molecule has 0 fully saturated rings. The van der Waals surface area contributed by atoms with Crippen molar-refractivity contribution in [2.24, 2.45) is 0 Å². The quantitative estimate of drug-likeness (QED) is 0.528. The summed E-state index contributed by atoms with van der Waals surface area (Å²) in [5.41, 5.74) is 0.775. The van der Waals surface area contributed by atoms with E-state index in [1.807, 2.05) is 0 Å². The van der Waals surface area contributed by atoms with Crippen LogP contribution in [-0.2, 0) is 16.4 Å². The second kappa shape index (κ2) is 8.67. The minimum atomic E-state index is -4.84. The van der Waals surface area contributed by atoms with Gasteiger partial charge in [-0.2, -0.15) is 0 Å². The lowest BCUT2D eigenvalue weighted by Gasteiger charge is -2.30. The molecular formula is C20H18F4N2O4S. The molecule has 1 aliphatic rings. The number of amides is 1. The van der Waals surface area contributed by atoms with Crippen molar-refractivity contribution < 1.29 is 35.5 Å². The van der Waals surface area contributed by atoms with Crippen molar-refractivity contribution in [2.75, 3.05) is 18.0 Å². The predicted octanol–water partition coefficient (Wildman–Crippen LogP) is 3.78.